The fraction of sp³-hybridized carbons (Fsp3) is 0.111. The van der Waals surface area contributed by atoms with Crippen LogP contribution in [0.1, 0.15) is 15.9 Å². The Hall–Kier alpha value is -2.95. The number of halogens is 1. The van der Waals surface area contributed by atoms with Gasteiger partial charge >= 0.3 is 0 Å². The number of nitriles is 1. The van der Waals surface area contributed by atoms with Crippen molar-refractivity contribution >= 4 is 29.7 Å². The van der Waals surface area contributed by atoms with E-state index in [1.807, 2.05) is 30.3 Å². The fourth-order valence-electron chi connectivity index (χ4n) is 2.45. The molecule has 1 aromatic heterocycles. The third kappa shape index (κ3) is 3.99. The second-order valence-electron chi connectivity index (χ2n) is 5.46. The Kier molecular flexibility index (Phi) is 5.46. The second kappa shape index (κ2) is 7.95. The van der Waals surface area contributed by atoms with Crippen LogP contribution >= 0.6 is 23.8 Å². The molecule has 8 heteroatoms. The molecule has 0 aliphatic carbocycles. The lowest BCUT2D eigenvalue weighted by molar-refractivity contribution is 0.0958. The summed E-state index contributed by atoms with van der Waals surface area (Å²) in [6.45, 7) is 0.394. The van der Waals surface area contributed by atoms with Gasteiger partial charge < -0.3 is 5.32 Å². The summed E-state index contributed by atoms with van der Waals surface area (Å²) in [6, 6.07) is 16.4. The maximum Gasteiger partial charge on any atom is 0.252 e. The van der Waals surface area contributed by atoms with Gasteiger partial charge in [0.1, 0.15) is 6.54 Å². The minimum absolute atomic E-state index is 0.0319. The smallest absolute Gasteiger partial charge is 0.252 e. The molecule has 3 rings (SSSR count). The zero-order valence-electron chi connectivity index (χ0n) is 13.6. The number of nitrogens with zero attached hydrogens (tertiary/aromatic N) is 3. The minimum Gasteiger partial charge on any atom is -0.339 e. The van der Waals surface area contributed by atoms with Crippen LogP contribution in [0.5, 0.6) is 0 Å². The highest BCUT2D eigenvalue weighted by Crippen LogP contribution is 2.24. The molecule has 3 aromatic rings. The van der Waals surface area contributed by atoms with E-state index in [0.717, 1.165) is 11.1 Å². The van der Waals surface area contributed by atoms with Crippen molar-refractivity contribution in [3.8, 4) is 17.5 Å². The van der Waals surface area contributed by atoms with Gasteiger partial charge in [0.2, 0.25) is 4.77 Å². The number of nitrogens with one attached hydrogen (secondary N) is 2. The van der Waals surface area contributed by atoms with Crippen molar-refractivity contribution in [3.05, 3.63) is 69.5 Å². The lowest BCUT2D eigenvalue weighted by atomic mass is 10.1. The highest BCUT2D eigenvalue weighted by molar-refractivity contribution is 7.71. The predicted octanol–water partition coefficient (Wildman–Crippen LogP) is 3.56. The van der Waals surface area contributed by atoms with Crippen molar-refractivity contribution in [2.24, 2.45) is 0 Å². The first-order valence-electron chi connectivity index (χ1n) is 7.74. The van der Waals surface area contributed by atoms with E-state index < -0.39 is 0 Å². The molecule has 0 aliphatic rings. The number of H-pyrrole nitrogens is 1. The van der Waals surface area contributed by atoms with Gasteiger partial charge in [0.05, 0.1) is 17.6 Å². The first-order chi connectivity index (χ1) is 12.6. The topological polar surface area (TPSA) is 86.5 Å². The van der Waals surface area contributed by atoms with Crippen LogP contribution < -0.4 is 5.32 Å². The van der Waals surface area contributed by atoms with E-state index in [-0.39, 0.29) is 12.5 Å². The third-order valence-electron chi connectivity index (χ3n) is 3.67. The molecule has 0 unspecified atom stereocenters. The Balaban J connectivity index is 1.84. The summed E-state index contributed by atoms with van der Waals surface area (Å²) in [5.41, 5.74) is 2.12. The number of rotatable bonds is 5. The van der Waals surface area contributed by atoms with Crippen molar-refractivity contribution in [2.75, 3.05) is 6.54 Å². The molecule has 0 fully saturated rings. The van der Waals surface area contributed by atoms with Crippen molar-refractivity contribution in [2.45, 2.75) is 6.54 Å². The summed E-state index contributed by atoms with van der Waals surface area (Å²) in [5, 5.41) is 14.8. The average Bonchev–Trinajstić information content (AvgIpc) is 3.00. The van der Waals surface area contributed by atoms with E-state index in [9.17, 15) is 4.79 Å². The summed E-state index contributed by atoms with van der Waals surface area (Å²) in [5.74, 6) is 0.293. The summed E-state index contributed by atoms with van der Waals surface area (Å²) in [6.07, 6.45) is 0. The highest BCUT2D eigenvalue weighted by atomic mass is 35.5. The molecule has 2 aromatic carbocycles. The van der Waals surface area contributed by atoms with Crippen LogP contribution in [0.3, 0.4) is 0 Å². The molecule has 0 radical (unpaired) electrons. The summed E-state index contributed by atoms with van der Waals surface area (Å²) >= 11 is 11.5. The molecular formula is C18H14ClN5OS. The van der Waals surface area contributed by atoms with Crippen LogP contribution in [0.2, 0.25) is 5.02 Å². The van der Waals surface area contributed by atoms with Gasteiger partial charge in [0.15, 0.2) is 5.82 Å². The standard InChI is InChI=1S/C18H14ClN5OS/c19-15-7-2-1-6-14(15)16-22-18(26)24(23-16)11-12-4-3-5-13(10-12)17(25)21-9-8-20/h1-7,10H,9,11H2,(H,21,25)(H,22,23,26). The van der Waals surface area contributed by atoms with Crippen molar-refractivity contribution in [3.63, 3.8) is 0 Å². The molecule has 6 nitrogen and oxygen atoms in total. The van der Waals surface area contributed by atoms with Crippen LogP contribution in [0, 0.1) is 16.1 Å². The van der Waals surface area contributed by atoms with E-state index in [1.54, 1.807) is 28.9 Å². The Morgan fingerprint density at radius 3 is 2.88 bits per heavy atom. The predicted molar refractivity (Wildman–Crippen MR) is 101 cm³/mol. The summed E-state index contributed by atoms with van der Waals surface area (Å²) in [7, 11) is 0. The number of aromatic nitrogens is 3. The van der Waals surface area contributed by atoms with Crippen LogP contribution in [0.15, 0.2) is 48.5 Å². The third-order valence-corrected chi connectivity index (χ3v) is 4.31. The van der Waals surface area contributed by atoms with Crippen LogP contribution in [-0.4, -0.2) is 27.2 Å². The van der Waals surface area contributed by atoms with Gasteiger partial charge in [-0.15, -0.1) is 0 Å². The van der Waals surface area contributed by atoms with E-state index in [1.165, 1.54) is 0 Å². The van der Waals surface area contributed by atoms with Crippen LogP contribution in [0.25, 0.3) is 11.4 Å². The minimum atomic E-state index is -0.293. The SMILES string of the molecule is N#CCNC(=O)c1cccc(Cn2[nH]c(-c3ccccc3Cl)nc2=S)c1. The Morgan fingerprint density at radius 2 is 2.12 bits per heavy atom. The first-order valence-corrected chi connectivity index (χ1v) is 8.53. The quantitative estimate of drug-likeness (QED) is 0.521. The largest absolute Gasteiger partial charge is 0.339 e. The molecule has 0 aliphatic heterocycles. The molecule has 0 saturated carbocycles. The van der Waals surface area contributed by atoms with Crippen molar-refractivity contribution in [1.29, 1.82) is 5.26 Å². The zero-order valence-corrected chi connectivity index (χ0v) is 15.1. The molecule has 0 saturated heterocycles. The molecule has 2 N–H and O–H groups in total. The van der Waals surface area contributed by atoms with Crippen molar-refractivity contribution in [1.82, 2.24) is 20.1 Å². The molecule has 26 heavy (non-hydrogen) atoms. The van der Waals surface area contributed by atoms with Gasteiger partial charge in [-0.2, -0.15) is 10.2 Å². The zero-order chi connectivity index (χ0) is 18.5. The maximum absolute atomic E-state index is 12.0. The average molecular weight is 384 g/mol. The lowest BCUT2D eigenvalue weighted by Crippen LogP contribution is -2.23. The maximum atomic E-state index is 12.0. The van der Waals surface area contributed by atoms with E-state index in [2.05, 4.69) is 15.4 Å². The number of amides is 1. The second-order valence-corrected chi connectivity index (χ2v) is 6.23. The van der Waals surface area contributed by atoms with Gasteiger partial charge in [-0.3, -0.25) is 14.6 Å². The molecule has 1 amide bonds. The van der Waals surface area contributed by atoms with Crippen LogP contribution in [0.4, 0.5) is 0 Å². The number of carbonyl (C=O) groups excluding carboxylic acids is 1. The van der Waals surface area contributed by atoms with Gasteiger partial charge in [0.25, 0.3) is 5.91 Å². The normalized spacial score (nSPS) is 10.3. The number of hydrogen-bond donors (Lipinski definition) is 2. The summed E-state index contributed by atoms with van der Waals surface area (Å²) < 4.78 is 2.10. The Labute approximate surface area is 160 Å². The molecular weight excluding hydrogens is 370 g/mol. The monoisotopic (exact) mass is 383 g/mol. The molecule has 130 valence electrons. The van der Waals surface area contributed by atoms with Gasteiger partial charge in [-0.1, -0.05) is 35.9 Å². The number of benzene rings is 2. The lowest BCUT2D eigenvalue weighted by Gasteiger charge is -2.06. The number of hydrogen-bond acceptors (Lipinski definition) is 4. The molecule has 0 spiro atoms. The van der Waals surface area contributed by atoms with E-state index in [0.29, 0.717) is 27.7 Å². The number of carbonyl (C=O) groups is 1. The highest BCUT2D eigenvalue weighted by Gasteiger charge is 2.10. The van der Waals surface area contributed by atoms with Gasteiger partial charge in [-0.25, -0.2) is 0 Å². The molecule has 0 atom stereocenters. The molecule has 0 bridgehead atoms. The number of aromatic amines is 1. The first kappa shape index (κ1) is 17.9. The Morgan fingerprint density at radius 1 is 1.31 bits per heavy atom. The van der Waals surface area contributed by atoms with E-state index in [4.69, 9.17) is 29.1 Å². The van der Waals surface area contributed by atoms with Gasteiger partial charge in [0, 0.05) is 11.1 Å². The van der Waals surface area contributed by atoms with E-state index >= 15 is 0 Å². The summed E-state index contributed by atoms with van der Waals surface area (Å²) in [4.78, 5) is 16.3. The Bertz CT molecular complexity index is 1050. The van der Waals surface area contributed by atoms with Crippen molar-refractivity contribution < 1.29 is 4.79 Å². The molecule has 1 heterocycles. The van der Waals surface area contributed by atoms with Gasteiger partial charge in [-0.05, 0) is 42.0 Å². The fourth-order valence-corrected chi connectivity index (χ4v) is 2.88. The van der Waals surface area contributed by atoms with Crippen LogP contribution in [-0.2, 0) is 6.54 Å².